The van der Waals surface area contributed by atoms with E-state index in [1.54, 1.807) is 49.4 Å². The van der Waals surface area contributed by atoms with Crippen LogP contribution < -0.4 is 14.8 Å². The maximum Gasteiger partial charge on any atom is 0.294 e. The van der Waals surface area contributed by atoms with E-state index in [1.165, 1.54) is 6.08 Å². The zero-order chi connectivity index (χ0) is 22.4. The van der Waals surface area contributed by atoms with Crippen molar-refractivity contribution in [1.29, 1.82) is 0 Å². The largest absolute Gasteiger partial charge is 0.504 e. The van der Waals surface area contributed by atoms with Crippen molar-refractivity contribution < 1.29 is 29.0 Å². The molecule has 0 aliphatic carbocycles. The number of hydrogen-bond acceptors (Lipinski definition) is 7. The Morgan fingerprint density at radius 2 is 1.81 bits per heavy atom. The molecule has 2 aromatic carbocycles. The number of para-hydroxylation sites is 1. The summed E-state index contributed by atoms with van der Waals surface area (Å²) < 4.78 is 10.7. The lowest BCUT2D eigenvalue weighted by Crippen LogP contribution is -2.36. The highest BCUT2D eigenvalue weighted by Crippen LogP contribution is 2.36. The molecule has 1 saturated heterocycles. The molecule has 1 aliphatic heterocycles. The summed E-state index contributed by atoms with van der Waals surface area (Å²) in [5.74, 6) is -0.269. The van der Waals surface area contributed by atoms with Gasteiger partial charge in [0.2, 0.25) is 5.91 Å². The molecule has 2 N–H and O–H groups in total. The Morgan fingerprint density at radius 1 is 1.10 bits per heavy atom. The van der Waals surface area contributed by atoms with Crippen molar-refractivity contribution in [2.75, 3.05) is 25.1 Å². The maximum atomic E-state index is 12.7. The number of imide groups is 1. The van der Waals surface area contributed by atoms with Crippen LogP contribution in [-0.4, -0.2) is 46.8 Å². The molecule has 3 rings (SSSR count). The SMILES string of the molecule is CCOc1ccc(NC(=O)CN2C(=O)S/C(=C/c3cccc(OCC)c3O)C2=O)cc1. The number of benzene rings is 2. The molecule has 0 saturated carbocycles. The molecule has 2 aromatic rings. The van der Waals surface area contributed by atoms with Crippen LogP contribution in [-0.2, 0) is 9.59 Å². The van der Waals surface area contributed by atoms with Crippen LogP contribution in [0.15, 0.2) is 47.4 Å². The number of nitrogens with one attached hydrogen (secondary N) is 1. The topological polar surface area (TPSA) is 105 Å². The van der Waals surface area contributed by atoms with Gasteiger partial charge in [-0.05, 0) is 62.0 Å². The molecule has 1 aliphatic rings. The smallest absolute Gasteiger partial charge is 0.294 e. The van der Waals surface area contributed by atoms with Crippen LogP contribution in [0.3, 0.4) is 0 Å². The van der Waals surface area contributed by atoms with Gasteiger partial charge in [0.05, 0.1) is 18.1 Å². The molecular weight excluding hydrogens is 420 g/mol. The number of phenols is 1. The van der Waals surface area contributed by atoms with Crippen LogP contribution in [0.5, 0.6) is 17.2 Å². The molecule has 0 radical (unpaired) electrons. The van der Waals surface area contributed by atoms with Crippen LogP contribution in [0.25, 0.3) is 6.08 Å². The van der Waals surface area contributed by atoms with Gasteiger partial charge in [0.15, 0.2) is 11.5 Å². The van der Waals surface area contributed by atoms with Crippen LogP contribution >= 0.6 is 11.8 Å². The summed E-state index contributed by atoms with van der Waals surface area (Å²) in [5, 5.41) is 12.4. The number of phenolic OH excluding ortho intramolecular Hbond substituents is 1. The number of amides is 3. The van der Waals surface area contributed by atoms with E-state index >= 15 is 0 Å². The molecular formula is C22H22N2O6S. The predicted molar refractivity (Wildman–Crippen MR) is 118 cm³/mol. The Labute approximate surface area is 183 Å². The lowest BCUT2D eigenvalue weighted by molar-refractivity contribution is -0.127. The Morgan fingerprint density at radius 3 is 2.48 bits per heavy atom. The number of ether oxygens (including phenoxy) is 2. The first-order valence-electron chi connectivity index (χ1n) is 9.65. The molecule has 162 valence electrons. The van der Waals surface area contributed by atoms with Crippen molar-refractivity contribution in [2.45, 2.75) is 13.8 Å². The van der Waals surface area contributed by atoms with E-state index in [4.69, 9.17) is 9.47 Å². The Hall–Kier alpha value is -3.46. The minimum atomic E-state index is -0.599. The first-order chi connectivity index (χ1) is 14.9. The number of rotatable bonds is 8. The Bertz CT molecular complexity index is 1020. The lowest BCUT2D eigenvalue weighted by atomic mass is 10.1. The number of thioether (sulfide) groups is 1. The Balaban J connectivity index is 1.68. The van der Waals surface area contributed by atoms with Crippen molar-refractivity contribution in [3.63, 3.8) is 0 Å². The summed E-state index contributed by atoms with van der Waals surface area (Å²) in [6.07, 6.45) is 1.41. The summed E-state index contributed by atoms with van der Waals surface area (Å²) in [5.41, 5.74) is 0.865. The van der Waals surface area contributed by atoms with E-state index < -0.39 is 23.6 Å². The van der Waals surface area contributed by atoms with Gasteiger partial charge in [-0.25, -0.2) is 0 Å². The fourth-order valence-corrected chi connectivity index (χ4v) is 3.68. The molecule has 1 heterocycles. The van der Waals surface area contributed by atoms with Crippen LogP contribution in [0.4, 0.5) is 10.5 Å². The summed E-state index contributed by atoms with van der Waals surface area (Å²) in [4.78, 5) is 38.3. The third-order valence-electron chi connectivity index (χ3n) is 4.24. The molecule has 3 amide bonds. The molecule has 0 spiro atoms. The van der Waals surface area contributed by atoms with E-state index in [1.807, 2.05) is 6.92 Å². The monoisotopic (exact) mass is 442 g/mol. The fourth-order valence-electron chi connectivity index (χ4n) is 2.85. The van der Waals surface area contributed by atoms with Crippen LogP contribution in [0, 0.1) is 0 Å². The lowest BCUT2D eigenvalue weighted by Gasteiger charge is -2.13. The van der Waals surface area contributed by atoms with Gasteiger partial charge < -0.3 is 19.9 Å². The normalized spacial score (nSPS) is 14.8. The van der Waals surface area contributed by atoms with E-state index in [0.29, 0.717) is 42.0 Å². The zero-order valence-corrected chi connectivity index (χ0v) is 17.9. The molecule has 31 heavy (non-hydrogen) atoms. The number of carbonyl (C=O) groups is 3. The number of carbonyl (C=O) groups excluding carboxylic acids is 3. The van der Waals surface area contributed by atoms with Gasteiger partial charge in [0, 0.05) is 11.3 Å². The second-order valence-corrected chi connectivity index (χ2v) is 7.39. The van der Waals surface area contributed by atoms with Crippen molar-refractivity contribution in [3.05, 3.63) is 52.9 Å². The molecule has 0 bridgehead atoms. The van der Waals surface area contributed by atoms with E-state index in [0.717, 1.165) is 4.90 Å². The van der Waals surface area contributed by atoms with Crippen LogP contribution in [0.2, 0.25) is 0 Å². The average Bonchev–Trinajstić information content (AvgIpc) is 3.00. The average molecular weight is 442 g/mol. The van der Waals surface area contributed by atoms with Gasteiger partial charge in [-0.2, -0.15) is 0 Å². The summed E-state index contributed by atoms with van der Waals surface area (Å²) in [6, 6.07) is 11.6. The molecule has 9 heteroatoms. The third kappa shape index (κ3) is 5.37. The van der Waals surface area contributed by atoms with Crippen molar-refractivity contribution >= 4 is 40.6 Å². The number of hydrogen-bond donors (Lipinski definition) is 2. The highest BCUT2D eigenvalue weighted by molar-refractivity contribution is 8.18. The first kappa shape index (κ1) is 22.2. The van der Waals surface area contributed by atoms with Gasteiger partial charge in [-0.15, -0.1) is 0 Å². The minimum Gasteiger partial charge on any atom is -0.504 e. The summed E-state index contributed by atoms with van der Waals surface area (Å²) in [6.45, 7) is 4.15. The minimum absolute atomic E-state index is 0.114. The van der Waals surface area contributed by atoms with Gasteiger partial charge >= 0.3 is 0 Å². The van der Waals surface area contributed by atoms with Gasteiger partial charge in [0.25, 0.3) is 11.1 Å². The van der Waals surface area contributed by atoms with Crippen molar-refractivity contribution in [1.82, 2.24) is 4.90 Å². The molecule has 1 fully saturated rings. The Kier molecular flexibility index (Phi) is 7.19. The first-order valence-corrected chi connectivity index (χ1v) is 10.5. The predicted octanol–water partition coefficient (Wildman–Crippen LogP) is 3.86. The van der Waals surface area contributed by atoms with E-state index in [9.17, 15) is 19.5 Å². The quantitative estimate of drug-likeness (QED) is 0.598. The second-order valence-electron chi connectivity index (χ2n) is 6.40. The van der Waals surface area contributed by atoms with E-state index in [2.05, 4.69) is 5.32 Å². The van der Waals surface area contributed by atoms with Crippen molar-refractivity contribution in [2.24, 2.45) is 0 Å². The van der Waals surface area contributed by atoms with Crippen molar-refractivity contribution in [3.8, 4) is 17.2 Å². The summed E-state index contributed by atoms with van der Waals surface area (Å²) in [7, 11) is 0. The van der Waals surface area contributed by atoms with Gasteiger partial charge in [0.1, 0.15) is 12.3 Å². The second kappa shape index (κ2) is 10.0. The molecule has 8 nitrogen and oxygen atoms in total. The van der Waals surface area contributed by atoms with Gasteiger partial charge in [-0.1, -0.05) is 12.1 Å². The highest BCUT2D eigenvalue weighted by atomic mass is 32.2. The maximum absolute atomic E-state index is 12.7. The van der Waals surface area contributed by atoms with E-state index in [-0.39, 0.29) is 16.4 Å². The summed E-state index contributed by atoms with van der Waals surface area (Å²) >= 11 is 0.710. The molecule has 0 unspecified atom stereocenters. The number of nitrogens with zero attached hydrogens (tertiary/aromatic N) is 1. The molecule has 0 aromatic heterocycles. The fraction of sp³-hybridized carbons (Fsp3) is 0.227. The third-order valence-corrected chi connectivity index (χ3v) is 5.15. The zero-order valence-electron chi connectivity index (χ0n) is 17.1. The number of anilines is 1. The standard InChI is InChI=1S/C22H22N2O6S/c1-3-29-16-10-8-15(9-11-16)23-19(25)13-24-21(27)18(31-22(24)28)12-14-6-5-7-17(20(14)26)30-4-2/h5-12,26H,3-4,13H2,1-2H3,(H,23,25)/b18-12+. The van der Waals surface area contributed by atoms with Crippen LogP contribution in [0.1, 0.15) is 19.4 Å². The molecule has 0 atom stereocenters. The number of aromatic hydroxyl groups is 1. The van der Waals surface area contributed by atoms with Gasteiger partial charge in [-0.3, -0.25) is 19.3 Å². The highest BCUT2D eigenvalue weighted by Gasteiger charge is 2.36.